The topological polar surface area (TPSA) is 54.9 Å². The number of ether oxygens (including phenoxy) is 2. The fourth-order valence-corrected chi connectivity index (χ4v) is 3.39. The number of likely N-dealkylation sites (N-methyl/N-ethyl adjacent to an activating group) is 1. The van der Waals surface area contributed by atoms with Crippen LogP contribution in [0.1, 0.15) is 23.2 Å². The molecule has 1 aromatic heterocycles. The monoisotopic (exact) mass is 319 g/mol. The minimum absolute atomic E-state index is 0.00306. The van der Waals surface area contributed by atoms with Crippen LogP contribution in [0.4, 0.5) is 0 Å². The van der Waals surface area contributed by atoms with Gasteiger partial charge in [0.15, 0.2) is 0 Å². The van der Waals surface area contributed by atoms with E-state index in [9.17, 15) is 4.79 Å². The van der Waals surface area contributed by atoms with Gasteiger partial charge in [0.1, 0.15) is 6.10 Å². The summed E-state index contributed by atoms with van der Waals surface area (Å²) in [6, 6.07) is 3.66. The number of fused-ring (bicyclic) bond motifs is 1. The molecule has 2 heterocycles. The summed E-state index contributed by atoms with van der Waals surface area (Å²) in [4.78, 5) is 20.8. The molecular weight excluding hydrogens is 294 g/mol. The average molecular weight is 319 g/mol. The first-order chi connectivity index (χ1) is 11.2. The highest BCUT2D eigenvalue weighted by molar-refractivity contribution is 5.94. The van der Waals surface area contributed by atoms with Crippen molar-refractivity contribution in [2.24, 2.45) is 0 Å². The van der Waals surface area contributed by atoms with Crippen molar-refractivity contribution in [1.29, 1.82) is 0 Å². The summed E-state index contributed by atoms with van der Waals surface area (Å²) in [7, 11) is 4.07. The van der Waals surface area contributed by atoms with Gasteiger partial charge in [0, 0.05) is 31.0 Å². The van der Waals surface area contributed by atoms with E-state index in [4.69, 9.17) is 9.47 Å². The molecule has 0 bridgehead atoms. The average Bonchev–Trinajstić information content (AvgIpc) is 2.98. The maximum atomic E-state index is 12.7. The largest absolute Gasteiger partial charge is 0.374 e. The normalized spacial score (nSPS) is 27.3. The molecule has 1 saturated heterocycles. The lowest BCUT2D eigenvalue weighted by atomic mass is 10.1. The van der Waals surface area contributed by atoms with Gasteiger partial charge in [-0.15, -0.1) is 0 Å². The molecule has 0 radical (unpaired) electrons. The van der Waals surface area contributed by atoms with Crippen LogP contribution in [-0.4, -0.2) is 79.3 Å². The van der Waals surface area contributed by atoms with Crippen molar-refractivity contribution in [2.75, 3.05) is 40.4 Å². The van der Waals surface area contributed by atoms with Crippen LogP contribution in [0.2, 0.25) is 0 Å². The molecule has 6 heteroatoms. The smallest absolute Gasteiger partial charge is 0.254 e. The number of morpholine rings is 1. The van der Waals surface area contributed by atoms with Crippen molar-refractivity contribution in [1.82, 2.24) is 14.8 Å². The maximum absolute atomic E-state index is 12.7. The standard InChI is InChI=1S/C17H25N3O3/c1-19(2)9-11-22-15-4-3-14-16(15)23-12-10-20(14)17(21)13-5-7-18-8-6-13/h5-8,14-16H,3-4,9-12H2,1-2H3/t14-,15+,16+/m0/s1. The van der Waals surface area contributed by atoms with Crippen molar-refractivity contribution in [3.63, 3.8) is 0 Å². The number of nitrogens with zero attached hydrogens (tertiary/aromatic N) is 3. The zero-order chi connectivity index (χ0) is 16.2. The van der Waals surface area contributed by atoms with Crippen LogP contribution in [0.25, 0.3) is 0 Å². The van der Waals surface area contributed by atoms with Gasteiger partial charge in [-0.05, 0) is 39.1 Å². The Morgan fingerprint density at radius 2 is 2.17 bits per heavy atom. The third-order valence-electron chi connectivity index (χ3n) is 4.59. The summed E-state index contributed by atoms with van der Waals surface area (Å²) in [5.74, 6) is 0.0691. The van der Waals surface area contributed by atoms with E-state index in [0.29, 0.717) is 25.3 Å². The fraction of sp³-hybridized carbons (Fsp3) is 0.647. The van der Waals surface area contributed by atoms with Gasteiger partial charge in [-0.3, -0.25) is 9.78 Å². The number of rotatable bonds is 5. The second kappa shape index (κ2) is 7.38. The molecule has 3 atom stereocenters. The van der Waals surface area contributed by atoms with E-state index in [-0.39, 0.29) is 24.2 Å². The predicted octanol–water partition coefficient (Wildman–Crippen LogP) is 1.03. The third-order valence-corrected chi connectivity index (χ3v) is 4.59. The number of hydrogen-bond donors (Lipinski definition) is 0. The first kappa shape index (κ1) is 16.4. The van der Waals surface area contributed by atoms with Crippen molar-refractivity contribution in [3.8, 4) is 0 Å². The van der Waals surface area contributed by atoms with E-state index in [2.05, 4.69) is 9.88 Å². The SMILES string of the molecule is CN(C)CCO[C@@H]1CC[C@H]2[C@H]1OCCN2C(=O)c1ccncc1. The Labute approximate surface area is 137 Å². The third kappa shape index (κ3) is 3.71. The highest BCUT2D eigenvalue weighted by Crippen LogP contribution is 2.32. The molecule has 0 unspecified atom stereocenters. The summed E-state index contributed by atoms with van der Waals surface area (Å²) in [5.41, 5.74) is 0.692. The summed E-state index contributed by atoms with van der Waals surface area (Å²) in [6.07, 6.45) is 5.29. The minimum atomic E-state index is -0.00306. The Morgan fingerprint density at radius 1 is 1.39 bits per heavy atom. The lowest BCUT2D eigenvalue weighted by molar-refractivity contribution is -0.105. The number of hydrogen-bond acceptors (Lipinski definition) is 5. The maximum Gasteiger partial charge on any atom is 0.254 e. The molecular formula is C17H25N3O3. The number of pyridine rings is 1. The van der Waals surface area contributed by atoms with Gasteiger partial charge >= 0.3 is 0 Å². The number of aromatic nitrogens is 1. The molecule has 2 fully saturated rings. The zero-order valence-corrected chi connectivity index (χ0v) is 13.9. The Bertz CT molecular complexity index is 523. The summed E-state index contributed by atoms with van der Waals surface area (Å²) in [5, 5.41) is 0. The van der Waals surface area contributed by atoms with Crippen LogP contribution in [0.15, 0.2) is 24.5 Å². The number of carbonyl (C=O) groups is 1. The Morgan fingerprint density at radius 3 is 2.91 bits per heavy atom. The van der Waals surface area contributed by atoms with Crippen molar-refractivity contribution in [2.45, 2.75) is 31.1 Å². The lowest BCUT2D eigenvalue weighted by Crippen LogP contribution is -2.54. The molecule has 23 heavy (non-hydrogen) atoms. The van der Waals surface area contributed by atoms with Gasteiger partial charge in [-0.2, -0.15) is 0 Å². The fourth-order valence-electron chi connectivity index (χ4n) is 3.39. The van der Waals surface area contributed by atoms with Crippen LogP contribution < -0.4 is 0 Å². The van der Waals surface area contributed by atoms with Gasteiger partial charge in [-0.1, -0.05) is 0 Å². The second-order valence-corrected chi connectivity index (χ2v) is 6.43. The molecule has 0 aromatic carbocycles. The molecule has 126 valence electrons. The van der Waals surface area contributed by atoms with Gasteiger partial charge in [-0.25, -0.2) is 0 Å². The van der Waals surface area contributed by atoms with Crippen LogP contribution in [0.3, 0.4) is 0 Å². The van der Waals surface area contributed by atoms with Crippen LogP contribution in [0.5, 0.6) is 0 Å². The molecule has 3 rings (SSSR count). The Balaban J connectivity index is 1.63. The molecule has 1 saturated carbocycles. The van der Waals surface area contributed by atoms with E-state index in [0.717, 1.165) is 19.4 Å². The predicted molar refractivity (Wildman–Crippen MR) is 86.3 cm³/mol. The quantitative estimate of drug-likeness (QED) is 0.811. The van der Waals surface area contributed by atoms with Crippen LogP contribution in [0, 0.1) is 0 Å². The second-order valence-electron chi connectivity index (χ2n) is 6.43. The van der Waals surface area contributed by atoms with Gasteiger partial charge < -0.3 is 19.3 Å². The van der Waals surface area contributed by atoms with Crippen LogP contribution >= 0.6 is 0 Å². The van der Waals surface area contributed by atoms with E-state index < -0.39 is 0 Å². The van der Waals surface area contributed by atoms with Gasteiger partial charge in [0.25, 0.3) is 5.91 Å². The van der Waals surface area contributed by atoms with Crippen LogP contribution in [-0.2, 0) is 9.47 Å². The van der Waals surface area contributed by atoms with Crippen molar-refractivity contribution < 1.29 is 14.3 Å². The molecule has 1 aliphatic heterocycles. The molecule has 0 spiro atoms. The van der Waals surface area contributed by atoms with Crippen molar-refractivity contribution in [3.05, 3.63) is 30.1 Å². The molecule has 0 N–H and O–H groups in total. The van der Waals surface area contributed by atoms with Gasteiger partial charge in [0.2, 0.25) is 0 Å². The molecule has 1 aliphatic carbocycles. The first-order valence-electron chi connectivity index (χ1n) is 8.26. The van der Waals surface area contributed by atoms with E-state index >= 15 is 0 Å². The summed E-state index contributed by atoms with van der Waals surface area (Å²) < 4.78 is 11.9. The Kier molecular flexibility index (Phi) is 5.25. The molecule has 1 aromatic rings. The highest BCUT2D eigenvalue weighted by atomic mass is 16.5. The minimum Gasteiger partial charge on any atom is -0.374 e. The number of amides is 1. The van der Waals surface area contributed by atoms with Gasteiger partial charge in [0.05, 0.1) is 25.4 Å². The van der Waals surface area contributed by atoms with E-state index in [1.165, 1.54) is 0 Å². The molecule has 2 aliphatic rings. The summed E-state index contributed by atoms with van der Waals surface area (Å²) >= 11 is 0. The van der Waals surface area contributed by atoms with E-state index in [1.54, 1.807) is 24.5 Å². The molecule has 1 amide bonds. The molecule has 6 nitrogen and oxygen atoms in total. The number of carbonyl (C=O) groups excluding carboxylic acids is 1. The Hall–Kier alpha value is -1.50. The van der Waals surface area contributed by atoms with Crippen molar-refractivity contribution >= 4 is 5.91 Å². The zero-order valence-electron chi connectivity index (χ0n) is 13.9. The summed E-state index contributed by atoms with van der Waals surface area (Å²) in [6.45, 7) is 2.81. The van der Waals surface area contributed by atoms with E-state index in [1.807, 2.05) is 19.0 Å². The highest BCUT2D eigenvalue weighted by Gasteiger charge is 2.45. The lowest BCUT2D eigenvalue weighted by Gasteiger charge is -2.39. The first-order valence-corrected chi connectivity index (χ1v) is 8.26.